The van der Waals surface area contributed by atoms with Crippen LogP contribution in [0.25, 0.3) is 0 Å². The van der Waals surface area contributed by atoms with Crippen LogP contribution in [0.2, 0.25) is 0 Å². The first-order valence-electron chi connectivity index (χ1n) is 5.69. The number of anilines is 1. The van der Waals surface area contributed by atoms with E-state index in [0.717, 1.165) is 5.56 Å². The average molecular weight is 237 g/mol. The van der Waals surface area contributed by atoms with Crippen molar-refractivity contribution < 1.29 is 15.0 Å². The van der Waals surface area contributed by atoms with Gasteiger partial charge in [0, 0.05) is 17.7 Å². The minimum atomic E-state index is -0.478. The number of hydrogen-bond acceptors (Lipinski definition) is 3. The molecule has 0 aliphatic heterocycles. The van der Waals surface area contributed by atoms with E-state index in [9.17, 15) is 9.90 Å². The van der Waals surface area contributed by atoms with Gasteiger partial charge in [-0.15, -0.1) is 0 Å². The van der Waals surface area contributed by atoms with Gasteiger partial charge in [-0.3, -0.25) is 4.79 Å². The Morgan fingerprint density at radius 3 is 2.65 bits per heavy atom. The van der Waals surface area contributed by atoms with E-state index in [2.05, 4.69) is 5.32 Å². The Hall–Kier alpha value is -1.55. The maximum Gasteiger partial charge on any atom is 0.224 e. The van der Waals surface area contributed by atoms with Crippen molar-refractivity contribution in [2.75, 3.05) is 5.32 Å². The Labute approximate surface area is 101 Å². The number of phenolic OH excluding ortho intramolecular Hbond substituents is 1. The zero-order valence-electron chi connectivity index (χ0n) is 10.4. The molecule has 0 aliphatic carbocycles. The molecule has 94 valence electrons. The van der Waals surface area contributed by atoms with Crippen molar-refractivity contribution >= 4 is 11.6 Å². The minimum absolute atomic E-state index is 0.155. The zero-order valence-corrected chi connectivity index (χ0v) is 10.4. The van der Waals surface area contributed by atoms with E-state index < -0.39 is 6.10 Å². The molecule has 0 saturated heterocycles. The molecule has 0 bridgehead atoms. The van der Waals surface area contributed by atoms with Crippen molar-refractivity contribution in [3.8, 4) is 5.75 Å². The minimum Gasteiger partial charge on any atom is -0.507 e. The van der Waals surface area contributed by atoms with Gasteiger partial charge in [0.15, 0.2) is 0 Å². The summed E-state index contributed by atoms with van der Waals surface area (Å²) in [5.41, 5.74) is 2.06. The van der Waals surface area contributed by atoms with Crippen molar-refractivity contribution in [3.05, 3.63) is 23.3 Å². The lowest BCUT2D eigenvalue weighted by Crippen LogP contribution is -2.14. The van der Waals surface area contributed by atoms with Gasteiger partial charge in [-0.1, -0.05) is 6.07 Å². The normalized spacial score (nSPS) is 12.2. The molecule has 0 aliphatic rings. The van der Waals surface area contributed by atoms with Gasteiger partial charge in [0.2, 0.25) is 5.91 Å². The molecule has 1 amide bonds. The molecule has 1 aromatic carbocycles. The summed E-state index contributed by atoms with van der Waals surface area (Å²) >= 11 is 0. The number of carbonyl (C=O) groups is 1. The topological polar surface area (TPSA) is 69.6 Å². The lowest BCUT2D eigenvalue weighted by molar-refractivity contribution is -0.116. The fourth-order valence-electron chi connectivity index (χ4n) is 1.52. The summed E-state index contributed by atoms with van der Waals surface area (Å²) in [4.78, 5) is 11.6. The van der Waals surface area contributed by atoms with Crippen LogP contribution in [0.3, 0.4) is 0 Å². The van der Waals surface area contributed by atoms with Gasteiger partial charge in [-0.05, 0) is 38.8 Å². The van der Waals surface area contributed by atoms with E-state index in [1.165, 1.54) is 0 Å². The zero-order chi connectivity index (χ0) is 13.0. The molecule has 0 aromatic heterocycles. The SMILES string of the molecule is Cc1ccc(NC(=O)CCC(C)O)c(C)c1O. The first kappa shape index (κ1) is 13.5. The first-order valence-corrected chi connectivity index (χ1v) is 5.69. The highest BCUT2D eigenvalue weighted by molar-refractivity contribution is 5.91. The van der Waals surface area contributed by atoms with E-state index in [0.29, 0.717) is 17.7 Å². The lowest BCUT2D eigenvalue weighted by atomic mass is 10.1. The van der Waals surface area contributed by atoms with Crippen LogP contribution in [-0.2, 0) is 4.79 Å². The van der Waals surface area contributed by atoms with E-state index in [4.69, 9.17) is 5.11 Å². The third-order valence-corrected chi connectivity index (χ3v) is 2.70. The summed E-state index contributed by atoms with van der Waals surface area (Å²) in [5.74, 6) is 0.0515. The van der Waals surface area contributed by atoms with Gasteiger partial charge in [-0.25, -0.2) is 0 Å². The molecule has 1 aromatic rings. The number of aliphatic hydroxyl groups excluding tert-OH is 1. The molecule has 0 heterocycles. The van der Waals surface area contributed by atoms with Crippen molar-refractivity contribution in [1.29, 1.82) is 0 Å². The number of rotatable bonds is 4. The molecule has 0 spiro atoms. The van der Waals surface area contributed by atoms with E-state index in [1.54, 1.807) is 32.9 Å². The maximum absolute atomic E-state index is 11.6. The quantitative estimate of drug-likeness (QED) is 0.751. The smallest absolute Gasteiger partial charge is 0.224 e. The van der Waals surface area contributed by atoms with Gasteiger partial charge in [0.1, 0.15) is 5.75 Å². The second-order valence-corrected chi connectivity index (χ2v) is 4.34. The van der Waals surface area contributed by atoms with Gasteiger partial charge in [0.05, 0.1) is 6.10 Å². The monoisotopic (exact) mass is 237 g/mol. The average Bonchev–Trinajstić information content (AvgIpc) is 2.27. The number of aryl methyl sites for hydroxylation is 1. The summed E-state index contributed by atoms with van der Waals surface area (Å²) in [6.45, 7) is 5.21. The predicted molar refractivity (Wildman–Crippen MR) is 67.1 cm³/mol. The molecule has 4 heteroatoms. The van der Waals surface area contributed by atoms with Gasteiger partial charge in [-0.2, -0.15) is 0 Å². The summed E-state index contributed by atoms with van der Waals surface area (Å²) in [6.07, 6.45) is 0.224. The molecular formula is C13H19NO3. The molecule has 1 rings (SSSR count). The second kappa shape index (κ2) is 5.68. The van der Waals surface area contributed by atoms with Crippen molar-refractivity contribution in [1.82, 2.24) is 0 Å². The maximum atomic E-state index is 11.6. The molecule has 0 saturated carbocycles. The van der Waals surface area contributed by atoms with Gasteiger partial charge < -0.3 is 15.5 Å². The molecule has 1 unspecified atom stereocenters. The number of nitrogens with one attached hydrogen (secondary N) is 1. The van der Waals surface area contributed by atoms with Crippen molar-refractivity contribution in [2.45, 2.75) is 39.7 Å². The highest BCUT2D eigenvalue weighted by atomic mass is 16.3. The van der Waals surface area contributed by atoms with Crippen molar-refractivity contribution in [2.24, 2.45) is 0 Å². The lowest BCUT2D eigenvalue weighted by Gasteiger charge is -2.11. The number of phenols is 1. The molecule has 17 heavy (non-hydrogen) atoms. The Morgan fingerprint density at radius 2 is 2.06 bits per heavy atom. The van der Waals surface area contributed by atoms with E-state index in [1.807, 2.05) is 0 Å². The summed E-state index contributed by atoms with van der Waals surface area (Å²) in [5, 5.41) is 21.5. The first-order chi connectivity index (χ1) is 7.91. The Balaban J connectivity index is 2.69. The van der Waals surface area contributed by atoms with Crippen LogP contribution in [0.4, 0.5) is 5.69 Å². The molecule has 4 nitrogen and oxygen atoms in total. The van der Waals surface area contributed by atoms with Crippen LogP contribution in [0.15, 0.2) is 12.1 Å². The second-order valence-electron chi connectivity index (χ2n) is 4.34. The summed E-state index contributed by atoms with van der Waals surface area (Å²) in [6, 6.07) is 3.53. The van der Waals surface area contributed by atoms with Crippen LogP contribution in [0.5, 0.6) is 5.75 Å². The van der Waals surface area contributed by atoms with Crippen LogP contribution in [0.1, 0.15) is 30.9 Å². The summed E-state index contributed by atoms with van der Waals surface area (Å²) in [7, 11) is 0. The molecular weight excluding hydrogens is 218 g/mol. The largest absolute Gasteiger partial charge is 0.507 e. The molecule has 0 radical (unpaired) electrons. The number of aliphatic hydroxyl groups is 1. The highest BCUT2D eigenvalue weighted by Gasteiger charge is 2.09. The highest BCUT2D eigenvalue weighted by Crippen LogP contribution is 2.28. The standard InChI is InChI=1S/C13H19NO3/c1-8-4-6-11(10(3)13(8)17)14-12(16)7-5-9(2)15/h4,6,9,15,17H,5,7H2,1-3H3,(H,14,16). The van der Waals surface area contributed by atoms with E-state index in [-0.39, 0.29) is 18.1 Å². The van der Waals surface area contributed by atoms with Gasteiger partial charge in [0.25, 0.3) is 0 Å². The number of aromatic hydroxyl groups is 1. The van der Waals surface area contributed by atoms with Gasteiger partial charge >= 0.3 is 0 Å². The summed E-state index contributed by atoms with van der Waals surface area (Å²) < 4.78 is 0. The van der Waals surface area contributed by atoms with Crippen LogP contribution in [-0.4, -0.2) is 22.2 Å². The molecule has 1 atom stereocenters. The third kappa shape index (κ3) is 3.75. The van der Waals surface area contributed by atoms with Crippen LogP contribution in [0, 0.1) is 13.8 Å². The number of hydrogen-bond donors (Lipinski definition) is 3. The fourth-order valence-corrected chi connectivity index (χ4v) is 1.52. The Bertz CT molecular complexity index is 413. The Morgan fingerprint density at radius 1 is 1.41 bits per heavy atom. The number of carbonyl (C=O) groups excluding carboxylic acids is 1. The van der Waals surface area contributed by atoms with Crippen LogP contribution >= 0.6 is 0 Å². The fraction of sp³-hybridized carbons (Fsp3) is 0.462. The third-order valence-electron chi connectivity index (χ3n) is 2.70. The Kier molecular flexibility index (Phi) is 4.52. The van der Waals surface area contributed by atoms with E-state index >= 15 is 0 Å². The predicted octanol–water partition coefficient (Wildman–Crippen LogP) is 2.11. The number of benzene rings is 1. The van der Waals surface area contributed by atoms with Crippen LogP contribution < -0.4 is 5.32 Å². The number of amides is 1. The molecule has 0 fully saturated rings. The van der Waals surface area contributed by atoms with Crippen molar-refractivity contribution in [3.63, 3.8) is 0 Å². The molecule has 3 N–H and O–H groups in total.